The number of phenolic OH excluding ortho intramolecular Hbond substituents is 2. The Hall–Kier alpha value is -1.78. The maximum Gasteiger partial charge on any atom is 0.119 e. The maximum atomic E-state index is 10.2. The first-order chi connectivity index (χ1) is 9.70. The number of hydrogen-bond acceptors (Lipinski definition) is 4. The van der Waals surface area contributed by atoms with Crippen molar-refractivity contribution in [3.8, 4) is 11.5 Å². The van der Waals surface area contributed by atoms with Gasteiger partial charge in [0.15, 0.2) is 0 Å². The van der Waals surface area contributed by atoms with Crippen molar-refractivity contribution >= 4 is 10.8 Å². The molecule has 0 amide bonds. The molecule has 2 aromatic rings. The molecule has 104 valence electrons. The highest BCUT2D eigenvalue weighted by molar-refractivity contribution is 5.90. The molecule has 2 heterocycles. The molecule has 2 unspecified atom stereocenters. The van der Waals surface area contributed by atoms with Gasteiger partial charge in [0, 0.05) is 18.4 Å². The SMILES string of the molecule is Oc1cc2c(CC3CO3)c(O)ccc2cc1CC1CO1. The van der Waals surface area contributed by atoms with E-state index in [9.17, 15) is 10.2 Å². The van der Waals surface area contributed by atoms with Gasteiger partial charge in [-0.3, -0.25) is 0 Å². The molecule has 2 fully saturated rings. The third-order valence-electron chi connectivity index (χ3n) is 3.99. The van der Waals surface area contributed by atoms with Crippen LogP contribution in [0.3, 0.4) is 0 Å². The smallest absolute Gasteiger partial charge is 0.119 e. The summed E-state index contributed by atoms with van der Waals surface area (Å²) in [5.74, 6) is 0.544. The van der Waals surface area contributed by atoms with Gasteiger partial charge < -0.3 is 19.7 Å². The van der Waals surface area contributed by atoms with Gasteiger partial charge in [0.1, 0.15) is 11.5 Å². The van der Waals surface area contributed by atoms with Gasteiger partial charge in [-0.05, 0) is 34.5 Å². The maximum absolute atomic E-state index is 10.2. The summed E-state index contributed by atoms with van der Waals surface area (Å²) in [6.45, 7) is 1.52. The average Bonchev–Trinajstić information content (AvgIpc) is 3.30. The molecule has 4 rings (SSSR count). The quantitative estimate of drug-likeness (QED) is 0.837. The van der Waals surface area contributed by atoms with Crippen LogP contribution in [0, 0.1) is 0 Å². The zero-order chi connectivity index (χ0) is 13.7. The molecule has 0 saturated carbocycles. The highest BCUT2D eigenvalue weighted by Gasteiger charge is 2.26. The van der Waals surface area contributed by atoms with Crippen molar-refractivity contribution in [1.29, 1.82) is 0 Å². The van der Waals surface area contributed by atoms with E-state index in [1.807, 2.05) is 12.1 Å². The van der Waals surface area contributed by atoms with E-state index in [1.165, 1.54) is 0 Å². The summed E-state index contributed by atoms with van der Waals surface area (Å²) in [7, 11) is 0. The lowest BCUT2D eigenvalue weighted by atomic mass is 9.96. The van der Waals surface area contributed by atoms with Crippen molar-refractivity contribution < 1.29 is 19.7 Å². The van der Waals surface area contributed by atoms with Crippen LogP contribution >= 0.6 is 0 Å². The Balaban J connectivity index is 1.80. The first-order valence-electron chi connectivity index (χ1n) is 6.90. The predicted molar refractivity (Wildman–Crippen MR) is 74.2 cm³/mol. The van der Waals surface area contributed by atoms with E-state index in [0.717, 1.165) is 41.5 Å². The molecule has 0 radical (unpaired) electrons. The Kier molecular flexibility index (Phi) is 2.62. The number of epoxide rings is 2. The number of ether oxygens (including phenoxy) is 2. The van der Waals surface area contributed by atoms with E-state index in [1.54, 1.807) is 12.1 Å². The van der Waals surface area contributed by atoms with Crippen LogP contribution in [0.15, 0.2) is 24.3 Å². The fourth-order valence-electron chi connectivity index (χ4n) is 2.68. The van der Waals surface area contributed by atoms with Crippen LogP contribution in [0.2, 0.25) is 0 Å². The molecule has 2 saturated heterocycles. The van der Waals surface area contributed by atoms with Gasteiger partial charge in [0.2, 0.25) is 0 Å². The van der Waals surface area contributed by atoms with Crippen LogP contribution in [0.25, 0.3) is 10.8 Å². The summed E-state index contributed by atoms with van der Waals surface area (Å²) in [5.41, 5.74) is 1.76. The molecule has 0 aromatic heterocycles. The molecule has 2 aromatic carbocycles. The molecule has 0 bridgehead atoms. The first-order valence-corrected chi connectivity index (χ1v) is 6.90. The molecule has 20 heavy (non-hydrogen) atoms. The normalized spacial score (nSPS) is 24.0. The van der Waals surface area contributed by atoms with Crippen molar-refractivity contribution in [2.45, 2.75) is 25.0 Å². The Bertz CT molecular complexity index is 672. The zero-order valence-corrected chi connectivity index (χ0v) is 11.0. The van der Waals surface area contributed by atoms with Crippen LogP contribution in [-0.2, 0) is 22.3 Å². The van der Waals surface area contributed by atoms with Gasteiger partial charge >= 0.3 is 0 Å². The Morgan fingerprint density at radius 3 is 2.35 bits per heavy atom. The molecule has 2 atom stereocenters. The summed E-state index contributed by atoms with van der Waals surface area (Å²) < 4.78 is 10.5. The van der Waals surface area contributed by atoms with Gasteiger partial charge in [-0.1, -0.05) is 6.07 Å². The van der Waals surface area contributed by atoms with E-state index in [-0.39, 0.29) is 23.7 Å². The molecule has 2 aliphatic rings. The molecule has 4 heteroatoms. The minimum atomic E-state index is 0.202. The summed E-state index contributed by atoms with van der Waals surface area (Å²) in [5, 5.41) is 22.2. The monoisotopic (exact) mass is 272 g/mol. The van der Waals surface area contributed by atoms with E-state index in [4.69, 9.17) is 9.47 Å². The third-order valence-corrected chi connectivity index (χ3v) is 3.99. The highest BCUT2D eigenvalue weighted by atomic mass is 16.6. The zero-order valence-electron chi connectivity index (χ0n) is 11.0. The van der Waals surface area contributed by atoms with Crippen molar-refractivity contribution in [2.75, 3.05) is 13.2 Å². The predicted octanol–water partition coefficient (Wildman–Crippen LogP) is 2.13. The van der Waals surface area contributed by atoms with Crippen molar-refractivity contribution in [1.82, 2.24) is 0 Å². The Labute approximate surface area is 116 Å². The lowest BCUT2D eigenvalue weighted by molar-refractivity contribution is 0.401. The minimum Gasteiger partial charge on any atom is -0.508 e. The van der Waals surface area contributed by atoms with Crippen molar-refractivity contribution in [3.63, 3.8) is 0 Å². The molecule has 0 spiro atoms. The number of benzene rings is 2. The fourth-order valence-corrected chi connectivity index (χ4v) is 2.68. The molecule has 0 aliphatic carbocycles. The van der Waals surface area contributed by atoms with E-state index in [0.29, 0.717) is 6.42 Å². The third kappa shape index (κ3) is 2.21. The largest absolute Gasteiger partial charge is 0.508 e. The molecule has 4 nitrogen and oxygen atoms in total. The Morgan fingerprint density at radius 2 is 1.65 bits per heavy atom. The first kappa shape index (κ1) is 12.0. The van der Waals surface area contributed by atoms with Gasteiger partial charge in [0.05, 0.1) is 25.4 Å². The number of rotatable bonds is 4. The lowest BCUT2D eigenvalue weighted by Gasteiger charge is -2.11. The van der Waals surface area contributed by atoms with Crippen LogP contribution in [0.5, 0.6) is 11.5 Å². The van der Waals surface area contributed by atoms with Gasteiger partial charge in [0.25, 0.3) is 0 Å². The summed E-state index contributed by atoms with van der Waals surface area (Å²) in [4.78, 5) is 0. The number of fused-ring (bicyclic) bond motifs is 1. The summed E-state index contributed by atoms with van der Waals surface area (Å²) in [6, 6.07) is 7.35. The Morgan fingerprint density at radius 1 is 0.950 bits per heavy atom. The molecule has 2 aliphatic heterocycles. The topological polar surface area (TPSA) is 65.5 Å². The summed E-state index contributed by atoms with van der Waals surface area (Å²) in [6.07, 6.45) is 1.88. The minimum absolute atomic E-state index is 0.202. The number of aromatic hydroxyl groups is 2. The lowest BCUT2D eigenvalue weighted by Crippen LogP contribution is -1.97. The van der Waals surface area contributed by atoms with Crippen molar-refractivity contribution in [2.24, 2.45) is 0 Å². The van der Waals surface area contributed by atoms with Gasteiger partial charge in [-0.15, -0.1) is 0 Å². The summed E-state index contributed by atoms with van der Waals surface area (Å²) >= 11 is 0. The van der Waals surface area contributed by atoms with Crippen LogP contribution in [0.4, 0.5) is 0 Å². The second-order valence-corrected chi connectivity index (χ2v) is 5.58. The average molecular weight is 272 g/mol. The van der Waals surface area contributed by atoms with Crippen LogP contribution in [0.1, 0.15) is 11.1 Å². The van der Waals surface area contributed by atoms with E-state index >= 15 is 0 Å². The standard InChI is InChI=1S/C16H16O4/c17-15-2-1-9-3-10(4-11-7-19-11)16(18)6-13(9)14(15)5-12-8-20-12/h1-3,6,11-12,17-18H,4-5,7-8H2. The van der Waals surface area contributed by atoms with Crippen molar-refractivity contribution in [3.05, 3.63) is 35.4 Å². The number of phenols is 2. The van der Waals surface area contributed by atoms with E-state index < -0.39 is 0 Å². The fraction of sp³-hybridized carbons (Fsp3) is 0.375. The van der Waals surface area contributed by atoms with Gasteiger partial charge in [-0.2, -0.15) is 0 Å². The molecule has 2 N–H and O–H groups in total. The molecular weight excluding hydrogens is 256 g/mol. The van der Waals surface area contributed by atoms with Crippen LogP contribution in [-0.4, -0.2) is 35.6 Å². The second kappa shape index (κ2) is 4.36. The molecular formula is C16H16O4. The van der Waals surface area contributed by atoms with Crippen LogP contribution < -0.4 is 0 Å². The number of hydrogen-bond donors (Lipinski definition) is 2. The van der Waals surface area contributed by atoms with E-state index in [2.05, 4.69) is 0 Å². The second-order valence-electron chi connectivity index (χ2n) is 5.58. The highest BCUT2D eigenvalue weighted by Crippen LogP contribution is 2.35. The van der Waals surface area contributed by atoms with Gasteiger partial charge in [-0.25, -0.2) is 0 Å².